The number of ether oxygens (including phenoxy) is 1. The summed E-state index contributed by atoms with van der Waals surface area (Å²) in [7, 11) is 0. The molecule has 3 heterocycles. The fraction of sp³-hybridized carbons (Fsp3) is 0.350. The summed E-state index contributed by atoms with van der Waals surface area (Å²) >= 11 is 0. The zero-order valence-corrected chi connectivity index (χ0v) is 15.1. The van der Waals surface area contributed by atoms with E-state index in [2.05, 4.69) is 22.8 Å². The Hall–Kier alpha value is -2.89. The number of rotatable bonds is 6. The lowest BCUT2D eigenvalue weighted by atomic mass is 10.00. The van der Waals surface area contributed by atoms with Crippen LogP contribution in [0.2, 0.25) is 0 Å². The summed E-state index contributed by atoms with van der Waals surface area (Å²) in [5, 5.41) is 3.93. The third kappa shape index (κ3) is 4.02. The molecule has 0 unspecified atom stereocenters. The van der Waals surface area contributed by atoms with Crippen molar-refractivity contribution in [2.75, 3.05) is 0 Å². The molecule has 26 heavy (non-hydrogen) atoms. The molecule has 2 aromatic rings. The number of amides is 1. The molecule has 0 bridgehead atoms. The van der Waals surface area contributed by atoms with Crippen molar-refractivity contribution in [3.63, 3.8) is 0 Å². The van der Waals surface area contributed by atoms with Crippen molar-refractivity contribution in [2.45, 2.75) is 45.4 Å². The van der Waals surface area contributed by atoms with Gasteiger partial charge in [0.2, 0.25) is 0 Å². The zero-order valence-electron chi connectivity index (χ0n) is 15.1. The third-order valence-electron chi connectivity index (χ3n) is 4.37. The molecule has 1 aliphatic heterocycles. The maximum Gasteiger partial charge on any atom is 0.276 e. The molecule has 0 aliphatic carbocycles. The number of carbonyl (C=O) groups excluding carboxylic acids is 1. The van der Waals surface area contributed by atoms with Gasteiger partial charge < -0.3 is 14.2 Å². The van der Waals surface area contributed by atoms with Crippen LogP contribution in [-0.2, 0) is 6.61 Å². The number of aryl methyl sites for hydroxylation is 1. The number of carbonyl (C=O) groups is 1. The van der Waals surface area contributed by atoms with Gasteiger partial charge in [-0.2, -0.15) is 0 Å². The minimum atomic E-state index is -0.138. The van der Waals surface area contributed by atoms with Gasteiger partial charge in [-0.05, 0) is 38.8 Å². The van der Waals surface area contributed by atoms with E-state index >= 15 is 0 Å². The predicted molar refractivity (Wildman–Crippen MR) is 97.8 cm³/mol. The number of pyridine rings is 1. The summed E-state index contributed by atoms with van der Waals surface area (Å²) in [5.41, 5.74) is 1.21. The smallest absolute Gasteiger partial charge is 0.276 e. The Morgan fingerprint density at radius 2 is 2.35 bits per heavy atom. The van der Waals surface area contributed by atoms with Crippen LogP contribution in [-0.4, -0.2) is 33.0 Å². The van der Waals surface area contributed by atoms with Crippen molar-refractivity contribution in [3.05, 3.63) is 66.4 Å². The highest BCUT2D eigenvalue weighted by atomic mass is 16.5. The van der Waals surface area contributed by atoms with Crippen LogP contribution in [0.5, 0.6) is 5.75 Å². The standard InChI is InChI=1S/C20H23N3O3/c1-4-6-16-8-5-7-15(3)23(16)20(24)19-11-18(26-22-19)13-25-17-10-9-14(2)21-12-17/h4-5,7,9-12,15-16H,1,6,8,13H2,2-3H3/t15-,16-/m1/s1. The highest BCUT2D eigenvalue weighted by Crippen LogP contribution is 2.23. The Balaban J connectivity index is 1.67. The SMILES string of the molecule is C=CC[C@@H]1CC=C[C@@H](C)N1C(=O)c1cc(COc2ccc(C)nc2)on1. The maximum atomic E-state index is 12.9. The lowest BCUT2D eigenvalue weighted by Gasteiger charge is -2.36. The summed E-state index contributed by atoms with van der Waals surface area (Å²) in [4.78, 5) is 18.9. The van der Waals surface area contributed by atoms with Gasteiger partial charge in [0.05, 0.1) is 6.20 Å². The van der Waals surface area contributed by atoms with Gasteiger partial charge in [0.15, 0.2) is 11.5 Å². The molecule has 2 aromatic heterocycles. The van der Waals surface area contributed by atoms with Gasteiger partial charge in [-0.1, -0.05) is 23.4 Å². The summed E-state index contributed by atoms with van der Waals surface area (Å²) in [6.45, 7) is 7.89. The second-order valence-corrected chi connectivity index (χ2v) is 6.40. The first-order valence-electron chi connectivity index (χ1n) is 8.69. The molecule has 1 aliphatic rings. The normalized spacial score (nSPS) is 19.4. The average Bonchev–Trinajstić information content (AvgIpc) is 3.10. The molecule has 0 fully saturated rings. The van der Waals surface area contributed by atoms with Crippen LogP contribution in [0.3, 0.4) is 0 Å². The topological polar surface area (TPSA) is 68.5 Å². The van der Waals surface area contributed by atoms with E-state index in [9.17, 15) is 4.79 Å². The third-order valence-corrected chi connectivity index (χ3v) is 4.37. The predicted octanol–water partition coefficient (Wildman–Crippen LogP) is 3.69. The van der Waals surface area contributed by atoms with Crippen molar-refractivity contribution < 1.29 is 14.1 Å². The quantitative estimate of drug-likeness (QED) is 0.741. The van der Waals surface area contributed by atoms with Crippen molar-refractivity contribution in [1.29, 1.82) is 0 Å². The number of hydrogen-bond donors (Lipinski definition) is 0. The Kier molecular flexibility index (Phi) is 5.51. The first-order valence-corrected chi connectivity index (χ1v) is 8.69. The van der Waals surface area contributed by atoms with Crippen LogP contribution in [0.1, 0.15) is 41.7 Å². The van der Waals surface area contributed by atoms with Crippen LogP contribution in [0.15, 0.2) is 53.7 Å². The van der Waals surface area contributed by atoms with E-state index in [1.165, 1.54) is 0 Å². The average molecular weight is 353 g/mol. The molecule has 136 valence electrons. The van der Waals surface area contributed by atoms with Crippen LogP contribution in [0.25, 0.3) is 0 Å². The van der Waals surface area contributed by atoms with E-state index in [4.69, 9.17) is 9.26 Å². The van der Waals surface area contributed by atoms with Crippen molar-refractivity contribution >= 4 is 5.91 Å². The summed E-state index contributed by atoms with van der Waals surface area (Å²) in [6.07, 6.45) is 9.20. The molecule has 0 spiro atoms. The van der Waals surface area contributed by atoms with Gasteiger partial charge in [-0.3, -0.25) is 9.78 Å². The molecule has 2 atom stereocenters. The molecular weight excluding hydrogens is 330 g/mol. The van der Waals surface area contributed by atoms with Crippen LogP contribution < -0.4 is 4.74 Å². The fourth-order valence-corrected chi connectivity index (χ4v) is 3.03. The lowest BCUT2D eigenvalue weighted by Crippen LogP contribution is -2.47. The van der Waals surface area contributed by atoms with Gasteiger partial charge >= 0.3 is 0 Å². The molecule has 0 aromatic carbocycles. The lowest BCUT2D eigenvalue weighted by molar-refractivity contribution is 0.0611. The first kappa shape index (κ1) is 17.9. The Morgan fingerprint density at radius 1 is 1.50 bits per heavy atom. The molecule has 6 heteroatoms. The molecular formula is C20H23N3O3. The number of nitrogens with zero attached hydrogens (tertiary/aromatic N) is 3. The van der Waals surface area contributed by atoms with Crippen LogP contribution in [0, 0.1) is 6.92 Å². The van der Waals surface area contributed by atoms with Gasteiger partial charge in [0.1, 0.15) is 12.4 Å². The molecule has 0 N–H and O–H groups in total. The summed E-state index contributed by atoms with van der Waals surface area (Å²) < 4.78 is 10.9. The minimum absolute atomic E-state index is 0.0104. The van der Waals surface area contributed by atoms with Gasteiger partial charge in [-0.15, -0.1) is 6.58 Å². The highest BCUT2D eigenvalue weighted by Gasteiger charge is 2.30. The summed E-state index contributed by atoms with van der Waals surface area (Å²) in [5.74, 6) is 0.996. The Bertz CT molecular complexity index is 795. The zero-order chi connectivity index (χ0) is 18.5. The fourth-order valence-electron chi connectivity index (χ4n) is 3.03. The van der Waals surface area contributed by atoms with Crippen molar-refractivity contribution in [3.8, 4) is 5.75 Å². The van der Waals surface area contributed by atoms with Crippen molar-refractivity contribution in [2.24, 2.45) is 0 Å². The number of aromatic nitrogens is 2. The number of hydrogen-bond acceptors (Lipinski definition) is 5. The van der Waals surface area contributed by atoms with E-state index in [0.717, 1.165) is 18.5 Å². The molecule has 1 amide bonds. The molecule has 3 rings (SSSR count). The van der Waals surface area contributed by atoms with Gasteiger partial charge in [-0.25, -0.2) is 0 Å². The van der Waals surface area contributed by atoms with Gasteiger partial charge in [0.25, 0.3) is 5.91 Å². The largest absolute Gasteiger partial charge is 0.484 e. The second-order valence-electron chi connectivity index (χ2n) is 6.40. The van der Waals surface area contributed by atoms with E-state index in [1.807, 2.05) is 43.0 Å². The van der Waals surface area contributed by atoms with Crippen LogP contribution in [0.4, 0.5) is 0 Å². The molecule has 6 nitrogen and oxygen atoms in total. The highest BCUT2D eigenvalue weighted by molar-refractivity contribution is 5.93. The van der Waals surface area contributed by atoms with E-state index in [-0.39, 0.29) is 24.6 Å². The molecule has 0 radical (unpaired) electrons. The monoisotopic (exact) mass is 353 g/mol. The Labute approximate surface area is 153 Å². The van der Waals surface area contributed by atoms with E-state index in [0.29, 0.717) is 17.2 Å². The maximum absolute atomic E-state index is 12.9. The van der Waals surface area contributed by atoms with E-state index in [1.54, 1.807) is 12.3 Å². The molecule has 0 saturated heterocycles. The molecule has 0 saturated carbocycles. The summed E-state index contributed by atoms with van der Waals surface area (Å²) in [6, 6.07) is 5.45. The Morgan fingerprint density at radius 3 is 3.08 bits per heavy atom. The van der Waals surface area contributed by atoms with Gasteiger partial charge in [0, 0.05) is 23.8 Å². The minimum Gasteiger partial charge on any atom is -0.484 e. The second kappa shape index (κ2) is 7.99. The van der Waals surface area contributed by atoms with Crippen LogP contribution >= 0.6 is 0 Å². The first-order chi connectivity index (χ1) is 12.6. The van der Waals surface area contributed by atoms with E-state index < -0.39 is 0 Å². The van der Waals surface area contributed by atoms with Crippen molar-refractivity contribution in [1.82, 2.24) is 15.0 Å².